The molecule has 1 saturated heterocycles. The Hall–Kier alpha value is -2.53. The number of hydrogen-bond acceptors (Lipinski definition) is 6. The van der Waals surface area contributed by atoms with E-state index in [0.717, 1.165) is 0 Å². The lowest BCUT2D eigenvalue weighted by atomic mass is 9.97. The molecule has 12 heteroatoms. The van der Waals surface area contributed by atoms with Crippen LogP contribution < -0.4 is 5.32 Å². The summed E-state index contributed by atoms with van der Waals surface area (Å²) in [6, 6.07) is 11.5. The third kappa shape index (κ3) is 4.57. The number of benzene rings is 2. The smallest absolute Gasteiger partial charge is 0.244 e. The lowest BCUT2D eigenvalue weighted by molar-refractivity contribution is -0.120. The van der Waals surface area contributed by atoms with Crippen molar-refractivity contribution in [1.82, 2.24) is 24.5 Å². The molecule has 0 saturated carbocycles. The summed E-state index contributed by atoms with van der Waals surface area (Å²) in [7, 11) is -3.80. The van der Waals surface area contributed by atoms with Gasteiger partial charge < -0.3 is 5.32 Å². The van der Waals surface area contributed by atoms with Crippen molar-refractivity contribution in [2.75, 3.05) is 18.4 Å². The molecule has 0 aliphatic carbocycles. The van der Waals surface area contributed by atoms with Gasteiger partial charge in [0.05, 0.1) is 16.4 Å². The van der Waals surface area contributed by atoms with Crippen LogP contribution in [0.15, 0.2) is 53.7 Å². The molecule has 0 spiro atoms. The Labute approximate surface area is 189 Å². The van der Waals surface area contributed by atoms with Gasteiger partial charge in [0.15, 0.2) is 0 Å². The molecule has 2 heterocycles. The minimum Gasteiger partial charge on any atom is -0.324 e. The van der Waals surface area contributed by atoms with Gasteiger partial charge in [0.25, 0.3) is 0 Å². The van der Waals surface area contributed by atoms with E-state index >= 15 is 0 Å². The number of hydrogen-bond donors (Lipinski definition) is 1. The summed E-state index contributed by atoms with van der Waals surface area (Å²) in [6.45, 7) is 0.413. The number of nitrogens with zero attached hydrogens (tertiary/aromatic N) is 5. The lowest BCUT2D eigenvalue weighted by Crippen LogP contribution is -2.41. The summed E-state index contributed by atoms with van der Waals surface area (Å²) < 4.78 is 28.7. The number of nitrogens with one attached hydrogen (secondary N) is 1. The summed E-state index contributed by atoms with van der Waals surface area (Å²) >= 11 is 12.0. The molecule has 0 radical (unpaired) electrons. The van der Waals surface area contributed by atoms with E-state index in [1.165, 1.54) is 33.5 Å². The number of anilines is 1. The van der Waals surface area contributed by atoms with Crippen molar-refractivity contribution in [2.24, 2.45) is 5.92 Å². The van der Waals surface area contributed by atoms with E-state index in [4.69, 9.17) is 23.2 Å². The molecule has 4 rings (SSSR count). The van der Waals surface area contributed by atoms with Crippen LogP contribution in [-0.4, -0.2) is 51.9 Å². The van der Waals surface area contributed by atoms with Gasteiger partial charge in [0, 0.05) is 24.0 Å². The van der Waals surface area contributed by atoms with Crippen LogP contribution in [-0.2, 0) is 14.8 Å². The number of carbonyl (C=O) groups is 1. The minimum absolute atomic E-state index is 0.0278. The van der Waals surface area contributed by atoms with Crippen molar-refractivity contribution in [3.8, 4) is 5.69 Å². The van der Waals surface area contributed by atoms with Crippen LogP contribution in [0.4, 0.5) is 5.69 Å². The van der Waals surface area contributed by atoms with Gasteiger partial charge in [-0.3, -0.25) is 4.79 Å². The predicted octanol–water partition coefficient (Wildman–Crippen LogP) is 3.01. The first kappa shape index (κ1) is 21.7. The molecule has 0 unspecified atom stereocenters. The van der Waals surface area contributed by atoms with Gasteiger partial charge in [-0.15, -0.1) is 5.10 Å². The molecular formula is C19H18Cl2N6O3S. The third-order valence-corrected chi connectivity index (χ3v) is 7.71. The van der Waals surface area contributed by atoms with Gasteiger partial charge in [0.1, 0.15) is 11.2 Å². The predicted molar refractivity (Wildman–Crippen MR) is 116 cm³/mol. The topological polar surface area (TPSA) is 110 Å². The summed E-state index contributed by atoms with van der Waals surface area (Å²) in [4.78, 5) is 12.8. The summed E-state index contributed by atoms with van der Waals surface area (Å²) in [5.41, 5.74) is 1.21. The summed E-state index contributed by atoms with van der Waals surface area (Å²) in [6.07, 6.45) is 2.21. The Kier molecular flexibility index (Phi) is 6.24. The normalized spacial score (nSPS) is 15.7. The van der Waals surface area contributed by atoms with E-state index in [-0.39, 0.29) is 34.8 Å². The standard InChI is InChI=1S/C19H18Cl2N6O3S/c20-14-5-6-15(21)18(11-14)31(29,30)26-9-7-13(8-10-26)19(28)23-16-3-1-2-4-17(16)27-12-22-24-25-27/h1-6,11-13H,7-10H2,(H,23,28). The van der Waals surface area contributed by atoms with Crippen LogP contribution in [0.3, 0.4) is 0 Å². The summed E-state index contributed by atoms with van der Waals surface area (Å²) in [5.74, 6) is -0.512. The van der Waals surface area contributed by atoms with Crippen molar-refractivity contribution in [3.05, 3.63) is 58.8 Å². The van der Waals surface area contributed by atoms with E-state index in [2.05, 4.69) is 20.8 Å². The number of aromatic nitrogens is 4. The van der Waals surface area contributed by atoms with E-state index in [1.807, 2.05) is 6.07 Å². The van der Waals surface area contributed by atoms with Crippen molar-refractivity contribution in [1.29, 1.82) is 0 Å². The molecule has 162 valence electrons. The lowest BCUT2D eigenvalue weighted by Gasteiger charge is -2.31. The van der Waals surface area contributed by atoms with Crippen molar-refractivity contribution in [3.63, 3.8) is 0 Å². The van der Waals surface area contributed by atoms with E-state index in [9.17, 15) is 13.2 Å². The molecule has 0 atom stereocenters. The van der Waals surface area contributed by atoms with Gasteiger partial charge >= 0.3 is 0 Å². The second-order valence-corrected chi connectivity index (χ2v) is 9.76. The SMILES string of the molecule is O=C(Nc1ccccc1-n1cnnn1)C1CCN(S(=O)(=O)c2cc(Cl)ccc2Cl)CC1. The Bertz CT molecular complexity index is 1200. The zero-order valence-electron chi connectivity index (χ0n) is 16.1. The minimum atomic E-state index is -3.80. The number of halogens is 2. The summed E-state index contributed by atoms with van der Waals surface area (Å²) in [5, 5.41) is 14.4. The number of tetrazole rings is 1. The first-order chi connectivity index (χ1) is 14.9. The quantitative estimate of drug-likeness (QED) is 0.600. The average Bonchev–Trinajstić information content (AvgIpc) is 3.30. The number of carbonyl (C=O) groups excluding carboxylic acids is 1. The van der Waals surface area contributed by atoms with Crippen LogP contribution in [0.5, 0.6) is 0 Å². The fourth-order valence-corrected chi connectivity index (χ4v) is 5.66. The van der Waals surface area contributed by atoms with Crippen molar-refractivity contribution in [2.45, 2.75) is 17.7 Å². The Morgan fingerprint density at radius 3 is 2.55 bits per heavy atom. The molecule has 9 nitrogen and oxygen atoms in total. The maximum absolute atomic E-state index is 13.0. The van der Waals surface area contributed by atoms with Crippen molar-refractivity contribution >= 4 is 44.8 Å². The molecule has 1 fully saturated rings. The Morgan fingerprint density at radius 1 is 1.10 bits per heavy atom. The van der Waals surface area contributed by atoms with Crippen LogP contribution in [0, 0.1) is 5.92 Å². The maximum atomic E-state index is 13.0. The zero-order chi connectivity index (χ0) is 22.0. The second kappa shape index (κ2) is 8.91. The van der Waals surface area contributed by atoms with Crippen LogP contribution in [0.2, 0.25) is 10.0 Å². The molecule has 1 aromatic heterocycles. The highest BCUT2D eigenvalue weighted by Gasteiger charge is 2.33. The molecule has 3 aromatic rings. The fraction of sp³-hybridized carbons (Fsp3) is 0.263. The van der Waals surface area contributed by atoms with Crippen LogP contribution in [0.25, 0.3) is 5.69 Å². The first-order valence-electron chi connectivity index (χ1n) is 9.45. The number of amides is 1. The molecule has 0 bridgehead atoms. The van der Waals surface area contributed by atoms with Gasteiger partial charge in [-0.05, 0) is 53.6 Å². The monoisotopic (exact) mass is 480 g/mol. The largest absolute Gasteiger partial charge is 0.324 e. The van der Waals surface area contributed by atoms with Gasteiger partial charge in [-0.25, -0.2) is 8.42 Å². The second-order valence-electron chi connectivity index (χ2n) is 7.01. The number of sulfonamides is 1. The third-order valence-electron chi connectivity index (χ3n) is 5.09. The molecular weight excluding hydrogens is 463 g/mol. The van der Waals surface area contributed by atoms with Crippen LogP contribution >= 0.6 is 23.2 Å². The van der Waals surface area contributed by atoms with E-state index in [1.54, 1.807) is 18.2 Å². The number of rotatable bonds is 5. The highest BCUT2D eigenvalue weighted by molar-refractivity contribution is 7.89. The molecule has 31 heavy (non-hydrogen) atoms. The number of para-hydroxylation sites is 2. The highest BCUT2D eigenvalue weighted by atomic mass is 35.5. The van der Waals surface area contributed by atoms with E-state index < -0.39 is 10.0 Å². The average molecular weight is 481 g/mol. The van der Waals surface area contributed by atoms with Crippen LogP contribution in [0.1, 0.15) is 12.8 Å². The Morgan fingerprint density at radius 2 is 1.84 bits per heavy atom. The zero-order valence-corrected chi connectivity index (χ0v) is 18.5. The fourth-order valence-electron chi connectivity index (χ4n) is 3.46. The Balaban J connectivity index is 1.44. The molecule has 1 amide bonds. The molecule has 1 aliphatic heterocycles. The van der Waals surface area contributed by atoms with Crippen molar-refractivity contribution < 1.29 is 13.2 Å². The molecule has 1 N–H and O–H groups in total. The highest BCUT2D eigenvalue weighted by Crippen LogP contribution is 2.31. The molecule has 2 aromatic carbocycles. The molecule has 1 aliphatic rings. The maximum Gasteiger partial charge on any atom is 0.244 e. The van der Waals surface area contributed by atoms with Gasteiger partial charge in [-0.2, -0.15) is 8.99 Å². The van der Waals surface area contributed by atoms with Gasteiger partial charge in [-0.1, -0.05) is 35.3 Å². The van der Waals surface area contributed by atoms with E-state index in [0.29, 0.717) is 29.2 Å². The number of piperidine rings is 1. The van der Waals surface area contributed by atoms with Gasteiger partial charge in [0.2, 0.25) is 15.9 Å². The first-order valence-corrected chi connectivity index (χ1v) is 11.6.